The molecule has 2 rings (SSSR count). The van der Waals surface area contributed by atoms with Crippen molar-refractivity contribution in [2.75, 3.05) is 0 Å². The van der Waals surface area contributed by atoms with Crippen molar-refractivity contribution in [3.63, 3.8) is 0 Å². The maximum absolute atomic E-state index is 12.1. The molecule has 0 heterocycles. The van der Waals surface area contributed by atoms with Gasteiger partial charge in [-0.25, -0.2) is 9.59 Å². The highest BCUT2D eigenvalue weighted by Gasteiger charge is 2.21. The van der Waals surface area contributed by atoms with Crippen molar-refractivity contribution in [3.8, 4) is 11.5 Å². The predicted molar refractivity (Wildman–Crippen MR) is 85.6 cm³/mol. The Hall–Kier alpha value is -2.24. The Kier molecular flexibility index (Phi) is 5.47. The number of ether oxygens (including phenoxy) is 2. The van der Waals surface area contributed by atoms with Gasteiger partial charge in [-0.1, -0.05) is 35.3 Å². The maximum atomic E-state index is 12.1. The van der Waals surface area contributed by atoms with E-state index < -0.39 is 18.0 Å². The standard InChI is InChI=1S/C16H12Cl2O5/c1-9(22-14-5-3-2-4-12(14)18)16(21)23-13-7-6-10(17)8-11(13)15(19)20/h2-9H,1H3,(H,19,20). The minimum Gasteiger partial charge on any atom is -0.478 e. The van der Waals surface area contributed by atoms with E-state index in [1.807, 2.05) is 0 Å². The van der Waals surface area contributed by atoms with Crippen molar-refractivity contribution in [1.82, 2.24) is 0 Å². The molecule has 1 unspecified atom stereocenters. The number of hydrogen-bond acceptors (Lipinski definition) is 4. The topological polar surface area (TPSA) is 72.8 Å². The van der Waals surface area contributed by atoms with E-state index in [9.17, 15) is 9.59 Å². The van der Waals surface area contributed by atoms with E-state index in [1.165, 1.54) is 25.1 Å². The van der Waals surface area contributed by atoms with Crippen molar-refractivity contribution in [1.29, 1.82) is 0 Å². The van der Waals surface area contributed by atoms with Crippen LogP contribution in [-0.4, -0.2) is 23.1 Å². The van der Waals surface area contributed by atoms with Gasteiger partial charge in [-0.3, -0.25) is 0 Å². The number of hydrogen-bond donors (Lipinski definition) is 1. The van der Waals surface area contributed by atoms with Crippen LogP contribution in [0.4, 0.5) is 0 Å². The number of carbonyl (C=O) groups excluding carboxylic acids is 1. The lowest BCUT2D eigenvalue weighted by Crippen LogP contribution is -2.29. The fraction of sp³-hybridized carbons (Fsp3) is 0.125. The Bertz CT molecular complexity index is 745. The molecule has 0 amide bonds. The number of esters is 1. The zero-order chi connectivity index (χ0) is 17.0. The van der Waals surface area contributed by atoms with Gasteiger partial charge in [0.1, 0.15) is 17.1 Å². The minimum absolute atomic E-state index is 0.110. The van der Waals surface area contributed by atoms with E-state index >= 15 is 0 Å². The van der Waals surface area contributed by atoms with E-state index in [0.717, 1.165) is 0 Å². The molecule has 0 fully saturated rings. The molecule has 2 aromatic carbocycles. The van der Waals surface area contributed by atoms with Crippen LogP contribution in [0.2, 0.25) is 10.0 Å². The lowest BCUT2D eigenvalue weighted by molar-refractivity contribution is -0.141. The van der Waals surface area contributed by atoms with Crippen molar-refractivity contribution in [2.24, 2.45) is 0 Å². The van der Waals surface area contributed by atoms with E-state index in [2.05, 4.69) is 0 Å². The molecule has 120 valence electrons. The summed E-state index contributed by atoms with van der Waals surface area (Å²) < 4.78 is 10.5. The fourth-order valence-electron chi connectivity index (χ4n) is 1.73. The first-order valence-corrected chi connectivity index (χ1v) is 7.30. The summed E-state index contributed by atoms with van der Waals surface area (Å²) in [6, 6.07) is 10.6. The summed E-state index contributed by atoms with van der Waals surface area (Å²) in [5.41, 5.74) is -0.212. The highest BCUT2D eigenvalue weighted by atomic mass is 35.5. The van der Waals surface area contributed by atoms with Gasteiger partial charge in [-0.05, 0) is 37.3 Å². The van der Waals surface area contributed by atoms with Crippen LogP contribution in [0.15, 0.2) is 42.5 Å². The quantitative estimate of drug-likeness (QED) is 0.647. The molecule has 0 aliphatic heterocycles. The summed E-state index contributed by atoms with van der Waals surface area (Å²) in [7, 11) is 0. The van der Waals surface area contributed by atoms with Gasteiger partial charge in [0.15, 0.2) is 6.10 Å². The number of carboxylic acids is 1. The molecule has 0 radical (unpaired) electrons. The van der Waals surface area contributed by atoms with Crippen LogP contribution < -0.4 is 9.47 Å². The fourth-order valence-corrected chi connectivity index (χ4v) is 2.08. The number of rotatable bonds is 5. The lowest BCUT2D eigenvalue weighted by Gasteiger charge is -2.15. The first-order valence-electron chi connectivity index (χ1n) is 6.54. The highest BCUT2D eigenvalue weighted by Crippen LogP contribution is 2.26. The number of carbonyl (C=O) groups is 2. The van der Waals surface area contributed by atoms with Gasteiger partial charge >= 0.3 is 11.9 Å². The Morgan fingerprint density at radius 3 is 2.43 bits per heavy atom. The molecule has 0 saturated heterocycles. The van der Waals surface area contributed by atoms with Gasteiger partial charge in [0.2, 0.25) is 0 Å². The Morgan fingerprint density at radius 2 is 1.78 bits per heavy atom. The highest BCUT2D eigenvalue weighted by molar-refractivity contribution is 6.32. The van der Waals surface area contributed by atoms with Crippen molar-refractivity contribution in [2.45, 2.75) is 13.0 Å². The van der Waals surface area contributed by atoms with E-state index in [0.29, 0.717) is 10.8 Å². The monoisotopic (exact) mass is 354 g/mol. The van der Waals surface area contributed by atoms with E-state index in [4.69, 9.17) is 37.8 Å². The van der Waals surface area contributed by atoms with Gasteiger partial charge < -0.3 is 14.6 Å². The first-order chi connectivity index (χ1) is 10.9. The van der Waals surface area contributed by atoms with Crippen LogP contribution >= 0.6 is 23.2 Å². The Labute approximate surface area is 142 Å². The normalized spacial score (nSPS) is 11.6. The second kappa shape index (κ2) is 7.35. The number of halogens is 2. The van der Waals surface area contributed by atoms with Crippen LogP contribution in [-0.2, 0) is 4.79 Å². The van der Waals surface area contributed by atoms with Crippen LogP contribution in [0.25, 0.3) is 0 Å². The number of carboxylic acid groups (broad SMARTS) is 1. The Morgan fingerprint density at radius 1 is 1.09 bits per heavy atom. The SMILES string of the molecule is CC(Oc1ccccc1Cl)C(=O)Oc1ccc(Cl)cc1C(=O)O. The van der Waals surface area contributed by atoms with Gasteiger partial charge in [-0.2, -0.15) is 0 Å². The van der Waals surface area contributed by atoms with E-state index in [1.54, 1.807) is 24.3 Å². The molecule has 5 nitrogen and oxygen atoms in total. The van der Waals surface area contributed by atoms with E-state index in [-0.39, 0.29) is 16.3 Å². The summed E-state index contributed by atoms with van der Waals surface area (Å²) in [5.74, 6) is -1.79. The average molecular weight is 355 g/mol. The maximum Gasteiger partial charge on any atom is 0.352 e. The first kappa shape index (κ1) is 17.1. The third-order valence-corrected chi connectivity index (χ3v) is 3.40. The summed E-state index contributed by atoms with van der Waals surface area (Å²) in [6.45, 7) is 1.47. The van der Waals surface area contributed by atoms with Gasteiger partial charge in [0.25, 0.3) is 0 Å². The molecule has 0 aliphatic rings. The molecule has 23 heavy (non-hydrogen) atoms. The van der Waals surface area contributed by atoms with Crippen LogP contribution in [0.3, 0.4) is 0 Å². The zero-order valence-electron chi connectivity index (χ0n) is 12.0. The third kappa shape index (κ3) is 4.37. The second-order valence-electron chi connectivity index (χ2n) is 4.56. The van der Waals surface area contributed by atoms with Crippen LogP contribution in [0.1, 0.15) is 17.3 Å². The summed E-state index contributed by atoms with van der Waals surface area (Å²) in [5, 5.41) is 9.69. The number of benzene rings is 2. The summed E-state index contributed by atoms with van der Waals surface area (Å²) in [6.07, 6.45) is -0.979. The molecule has 0 saturated carbocycles. The molecule has 2 aromatic rings. The zero-order valence-corrected chi connectivity index (χ0v) is 13.5. The molecule has 1 N–H and O–H groups in total. The number of para-hydroxylation sites is 1. The smallest absolute Gasteiger partial charge is 0.352 e. The van der Waals surface area contributed by atoms with Crippen LogP contribution in [0.5, 0.6) is 11.5 Å². The van der Waals surface area contributed by atoms with Crippen molar-refractivity contribution < 1.29 is 24.2 Å². The predicted octanol–water partition coefficient (Wildman–Crippen LogP) is 4.06. The lowest BCUT2D eigenvalue weighted by atomic mass is 10.2. The molecule has 1 atom stereocenters. The molecule has 0 aliphatic carbocycles. The third-order valence-electron chi connectivity index (χ3n) is 2.85. The molecule has 0 aromatic heterocycles. The Balaban J connectivity index is 2.13. The summed E-state index contributed by atoms with van der Waals surface area (Å²) >= 11 is 11.7. The summed E-state index contributed by atoms with van der Waals surface area (Å²) in [4.78, 5) is 23.2. The molecule has 0 bridgehead atoms. The minimum atomic E-state index is -1.25. The molecular formula is C16H12Cl2O5. The van der Waals surface area contributed by atoms with Crippen molar-refractivity contribution in [3.05, 3.63) is 58.1 Å². The largest absolute Gasteiger partial charge is 0.478 e. The van der Waals surface area contributed by atoms with Gasteiger partial charge in [-0.15, -0.1) is 0 Å². The molecule has 0 spiro atoms. The molecular weight excluding hydrogens is 343 g/mol. The van der Waals surface area contributed by atoms with Crippen LogP contribution in [0, 0.1) is 0 Å². The van der Waals surface area contributed by atoms with Gasteiger partial charge in [0.05, 0.1) is 5.02 Å². The molecule has 7 heteroatoms. The van der Waals surface area contributed by atoms with Gasteiger partial charge in [0, 0.05) is 5.02 Å². The number of aromatic carboxylic acids is 1. The second-order valence-corrected chi connectivity index (χ2v) is 5.40. The average Bonchev–Trinajstić information content (AvgIpc) is 2.51. The van der Waals surface area contributed by atoms with Crippen molar-refractivity contribution >= 4 is 35.1 Å².